The Hall–Kier alpha value is -4.15. The van der Waals surface area contributed by atoms with Gasteiger partial charge in [-0.05, 0) is 95.6 Å². The van der Waals surface area contributed by atoms with Gasteiger partial charge in [0.15, 0.2) is 27.8 Å². The van der Waals surface area contributed by atoms with E-state index in [0.717, 1.165) is 0 Å². The minimum absolute atomic E-state index is 0.124. The van der Waals surface area contributed by atoms with Crippen molar-refractivity contribution >= 4 is 67.9 Å². The number of carbonyl (C=O) groups excluding carboxylic acids is 1. The molecule has 0 bridgehead atoms. The first-order chi connectivity index (χ1) is 23.0. The molecule has 0 saturated heterocycles. The van der Waals surface area contributed by atoms with Crippen molar-refractivity contribution in [3.8, 4) is 23.0 Å². The Balaban J connectivity index is 1.60. The first-order valence-electron chi connectivity index (χ1n) is 14.4. The van der Waals surface area contributed by atoms with Crippen LogP contribution in [-0.4, -0.2) is 49.5 Å². The molecule has 0 spiro atoms. The van der Waals surface area contributed by atoms with Crippen LogP contribution in [-0.2, 0) is 16.1 Å². The van der Waals surface area contributed by atoms with Gasteiger partial charge in [0.2, 0.25) is 0 Å². The Labute approximate surface area is 301 Å². The van der Waals surface area contributed by atoms with Crippen molar-refractivity contribution in [1.82, 2.24) is 4.57 Å². The lowest BCUT2D eigenvalue weighted by Gasteiger charge is -2.26. The largest absolute Gasteiger partial charge is 0.493 e. The third kappa shape index (κ3) is 7.00. The van der Waals surface area contributed by atoms with Crippen LogP contribution in [0.3, 0.4) is 0 Å². The quantitative estimate of drug-likeness (QED) is 0.154. The molecule has 0 fully saturated rings. The van der Waals surface area contributed by atoms with E-state index in [1.54, 1.807) is 56.3 Å². The topological polar surface area (TPSA) is 135 Å². The highest BCUT2D eigenvalue weighted by molar-refractivity contribution is 14.1. The molecule has 0 unspecified atom stereocenters. The van der Waals surface area contributed by atoms with Gasteiger partial charge < -0.3 is 28.8 Å². The number of thiazole rings is 1. The van der Waals surface area contributed by atoms with Gasteiger partial charge in [0.1, 0.15) is 6.61 Å². The predicted molar refractivity (Wildman–Crippen MR) is 191 cm³/mol. The molecule has 1 aromatic heterocycles. The van der Waals surface area contributed by atoms with Gasteiger partial charge in [-0.1, -0.05) is 39.4 Å². The van der Waals surface area contributed by atoms with E-state index in [0.29, 0.717) is 62.8 Å². The molecule has 14 heteroatoms. The second-order valence-electron chi connectivity index (χ2n) is 10.4. The highest BCUT2D eigenvalue weighted by atomic mass is 127. The number of aromatic nitrogens is 1. The highest BCUT2D eigenvalue weighted by Gasteiger charge is 2.35. The van der Waals surface area contributed by atoms with Gasteiger partial charge in [0.25, 0.3) is 5.56 Å². The number of esters is 1. The van der Waals surface area contributed by atoms with Gasteiger partial charge in [-0.3, -0.25) is 9.36 Å². The zero-order valence-electron chi connectivity index (χ0n) is 26.5. The average Bonchev–Trinajstić information content (AvgIpc) is 3.36. The van der Waals surface area contributed by atoms with Crippen LogP contribution in [0.25, 0.3) is 6.08 Å². The molecule has 0 saturated carbocycles. The molecule has 0 amide bonds. The molecular formula is C34H30BrIN2O9S. The first kappa shape index (κ1) is 35.2. The average molecular weight is 849 g/mol. The van der Waals surface area contributed by atoms with Crippen LogP contribution < -0.4 is 33.8 Å². The lowest BCUT2D eigenvalue weighted by atomic mass is 9.95. The van der Waals surface area contributed by atoms with Gasteiger partial charge in [-0.2, -0.15) is 0 Å². The molecule has 4 aromatic rings. The summed E-state index contributed by atoms with van der Waals surface area (Å²) in [6.07, 6.45) is 1.73. The number of hydrogen-bond donors (Lipinski definition) is 1. The van der Waals surface area contributed by atoms with E-state index in [2.05, 4.69) is 43.5 Å². The van der Waals surface area contributed by atoms with Crippen LogP contribution in [0.4, 0.5) is 0 Å². The van der Waals surface area contributed by atoms with Crippen LogP contribution in [0.15, 0.2) is 74.1 Å². The molecule has 1 aliphatic heterocycles. The van der Waals surface area contributed by atoms with E-state index in [1.807, 2.05) is 6.07 Å². The maximum absolute atomic E-state index is 14.2. The molecule has 48 heavy (non-hydrogen) atoms. The number of rotatable bonds is 11. The van der Waals surface area contributed by atoms with Crippen LogP contribution in [0.1, 0.15) is 46.9 Å². The molecule has 1 N–H and O–H groups in total. The molecule has 0 radical (unpaired) electrons. The minimum Gasteiger partial charge on any atom is -0.493 e. The number of hydrogen-bond acceptors (Lipinski definition) is 10. The Kier molecular flexibility index (Phi) is 11.0. The van der Waals surface area contributed by atoms with E-state index >= 15 is 0 Å². The number of fused-ring (bicyclic) bond motifs is 1. The van der Waals surface area contributed by atoms with Crippen molar-refractivity contribution in [3.63, 3.8) is 0 Å². The number of carboxylic acids is 1. The SMILES string of the molecule is CCOC(=O)C1=C(C)N=c2s/c(=C\c3cc(I)c(OCc4cccc(C(=O)O)c4)c(OC)c3)c(=O)n2[C@@H]1c1cc(OC)c(OC)cc1Br. The maximum Gasteiger partial charge on any atom is 0.338 e. The third-order valence-corrected chi connectivity index (χ3v) is 9.89. The van der Waals surface area contributed by atoms with Gasteiger partial charge in [-0.25, -0.2) is 14.6 Å². The minimum atomic E-state index is -1.02. The summed E-state index contributed by atoms with van der Waals surface area (Å²) in [7, 11) is 4.55. The Bertz CT molecular complexity index is 2140. The summed E-state index contributed by atoms with van der Waals surface area (Å²) < 4.78 is 31.3. The van der Waals surface area contributed by atoms with Gasteiger partial charge in [0.05, 0.1) is 58.9 Å². The second-order valence-corrected chi connectivity index (χ2v) is 13.4. The molecule has 5 rings (SSSR count). The summed E-state index contributed by atoms with van der Waals surface area (Å²) in [6, 6.07) is 12.7. The fourth-order valence-electron chi connectivity index (χ4n) is 5.23. The second kappa shape index (κ2) is 15.0. The van der Waals surface area contributed by atoms with E-state index in [1.165, 1.54) is 43.3 Å². The molecule has 250 valence electrons. The van der Waals surface area contributed by atoms with Crippen molar-refractivity contribution in [2.45, 2.75) is 26.5 Å². The van der Waals surface area contributed by atoms with E-state index in [-0.39, 0.29) is 29.9 Å². The molecule has 3 aromatic carbocycles. The number of halogens is 2. The molecule has 0 aliphatic carbocycles. The van der Waals surface area contributed by atoms with Crippen LogP contribution in [0.2, 0.25) is 0 Å². The molecule has 2 heterocycles. The van der Waals surface area contributed by atoms with Crippen molar-refractivity contribution in [3.05, 3.63) is 110 Å². The van der Waals surface area contributed by atoms with Gasteiger partial charge >= 0.3 is 11.9 Å². The monoisotopic (exact) mass is 848 g/mol. The van der Waals surface area contributed by atoms with Crippen molar-refractivity contribution in [1.29, 1.82) is 0 Å². The number of nitrogens with zero attached hydrogens (tertiary/aromatic N) is 2. The third-order valence-electron chi connectivity index (χ3n) is 7.42. The summed E-state index contributed by atoms with van der Waals surface area (Å²) in [6.45, 7) is 3.70. The predicted octanol–water partition coefficient (Wildman–Crippen LogP) is 5.47. The molecule has 11 nitrogen and oxygen atoms in total. The van der Waals surface area contributed by atoms with Gasteiger partial charge in [-0.15, -0.1) is 0 Å². The number of methoxy groups -OCH3 is 3. The van der Waals surface area contributed by atoms with Gasteiger partial charge in [0, 0.05) is 4.47 Å². The number of allylic oxidation sites excluding steroid dienone is 1. The number of benzene rings is 3. The number of carboxylic acid groups (broad SMARTS) is 1. The number of carbonyl (C=O) groups is 2. The fraction of sp³-hybridized carbons (Fsp3) is 0.235. The van der Waals surface area contributed by atoms with Crippen LogP contribution in [0.5, 0.6) is 23.0 Å². The van der Waals surface area contributed by atoms with Crippen molar-refractivity contribution in [2.24, 2.45) is 4.99 Å². The lowest BCUT2D eigenvalue weighted by Crippen LogP contribution is -2.40. The summed E-state index contributed by atoms with van der Waals surface area (Å²) in [4.78, 5) is 44.0. The summed E-state index contributed by atoms with van der Waals surface area (Å²) in [5.74, 6) is 0.212. The van der Waals surface area contributed by atoms with Crippen molar-refractivity contribution < 1.29 is 38.4 Å². The molecule has 1 aliphatic rings. The summed E-state index contributed by atoms with van der Waals surface area (Å²) in [5, 5.41) is 9.31. The molecule has 1 atom stereocenters. The maximum atomic E-state index is 14.2. The fourth-order valence-corrected chi connectivity index (χ4v) is 7.60. The zero-order chi connectivity index (χ0) is 34.7. The Morgan fingerprint density at radius 1 is 1.06 bits per heavy atom. The normalized spacial score (nSPS) is 14.2. The summed E-state index contributed by atoms with van der Waals surface area (Å²) >= 11 is 6.93. The van der Waals surface area contributed by atoms with Crippen molar-refractivity contribution in [2.75, 3.05) is 27.9 Å². The molecular weight excluding hydrogens is 819 g/mol. The summed E-state index contributed by atoms with van der Waals surface area (Å²) in [5.41, 5.74) is 2.42. The Morgan fingerprint density at radius 2 is 1.77 bits per heavy atom. The highest BCUT2D eigenvalue weighted by Crippen LogP contribution is 2.41. The first-order valence-corrected chi connectivity index (χ1v) is 17.1. The lowest BCUT2D eigenvalue weighted by molar-refractivity contribution is -0.139. The number of aromatic carboxylic acids is 1. The number of ether oxygens (including phenoxy) is 5. The van der Waals surface area contributed by atoms with E-state index < -0.39 is 18.0 Å². The van der Waals surface area contributed by atoms with E-state index in [9.17, 15) is 19.5 Å². The van der Waals surface area contributed by atoms with Crippen LogP contribution >= 0.6 is 49.9 Å². The Morgan fingerprint density at radius 3 is 2.44 bits per heavy atom. The standard InChI is InChI=1S/C34H30BrIN2O9S/c1-6-46-33(42)28-17(2)37-34-38(29(28)21-14-24(43-3)25(44-4)15-22(21)35)31(39)27(48-34)13-19-11-23(36)30(26(12-19)45-5)47-16-18-8-7-9-20(10-18)32(40)41/h7-15,29H,6,16H2,1-5H3,(H,40,41)/b27-13-/t29-/m1/s1. The van der Waals surface area contributed by atoms with Crippen LogP contribution in [0, 0.1) is 3.57 Å². The smallest absolute Gasteiger partial charge is 0.338 e. The van der Waals surface area contributed by atoms with E-state index in [4.69, 9.17) is 23.7 Å². The zero-order valence-corrected chi connectivity index (χ0v) is 31.0.